The van der Waals surface area contributed by atoms with Crippen molar-refractivity contribution in [1.82, 2.24) is 5.32 Å². The number of alkyl halides is 2. The van der Waals surface area contributed by atoms with Gasteiger partial charge in [-0.15, -0.1) is 0 Å². The first kappa shape index (κ1) is 17.2. The summed E-state index contributed by atoms with van der Waals surface area (Å²) in [6.45, 7) is -0.825. The summed E-state index contributed by atoms with van der Waals surface area (Å²) in [7, 11) is 1.35. The van der Waals surface area contributed by atoms with E-state index in [2.05, 4.69) is 10.1 Å². The Morgan fingerprint density at radius 2 is 2.10 bits per heavy atom. The highest BCUT2D eigenvalue weighted by Gasteiger charge is 2.16. The first-order chi connectivity index (χ1) is 9.97. The SMILES string of the molecule is CCCC(NCc1ccc(OC)c(OC(F)F)c1)C(=O)O. The minimum absolute atomic E-state index is 0.0748. The van der Waals surface area contributed by atoms with Crippen molar-refractivity contribution in [2.24, 2.45) is 0 Å². The molecule has 118 valence electrons. The maximum atomic E-state index is 12.3. The topological polar surface area (TPSA) is 67.8 Å². The molecular formula is C14H19F2NO4. The lowest BCUT2D eigenvalue weighted by Gasteiger charge is -2.15. The number of carboxylic acids is 1. The zero-order valence-corrected chi connectivity index (χ0v) is 11.9. The number of aliphatic carboxylic acids is 1. The van der Waals surface area contributed by atoms with Gasteiger partial charge in [-0.2, -0.15) is 8.78 Å². The lowest BCUT2D eigenvalue weighted by Crippen LogP contribution is -2.35. The molecule has 0 radical (unpaired) electrons. The molecule has 5 nitrogen and oxygen atoms in total. The fraction of sp³-hybridized carbons (Fsp3) is 0.500. The second-order valence-electron chi connectivity index (χ2n) is 4.42. The molecule has 1 aromatic carbocycles. The summed E-state index contributed by atoms with van der Waals surface area (Å²) in [5.74, 6) is -0.814. The molecule has 7 heteroatoms. The third-order valence-corrected chi connectivity index (χ3v) is 2.87. The minimum atomic E-state index is -2.95. The summed E-state index contributed by atoms with van der Waals surface area (Å²) in [5, 5.41) is 11.9. The Morgan fingerprint density at radius 3 is 2.62 bits per heavy atom. The van der Waals surface area contributed by atoms with E-state index in [0.29, 0.717) is 12.0 Å². The van der Waals surface area contributed by atoms with Crippen molar-refractivity contribution in [3.8, 4) is 11.5 Å². The van der Waals surface area contributed by atoms with Crippen molar-refractivity contribution in [3.05, 3.63) is 23.8 Å². The number of hydrogen-bond acceptors (Lipinski definition) is 4. The summed E-state index contributed by atoms with van der Waals surface area (Å²) in [5.41, 5.74) is 0.633. The van der Waals surface area contributed by atoms with Crippen LogP contribution in [0.3, 0.4) is 0 Å². The molecule has 1 aromatic rings. The number of carbonyl (C=O) groups is 1. The maximum absolute atomic E-state index is 12.3. The van der Waals surface area contributed by atoms with Crippen LogP contribution in [0.1, 0.15) is 25.3 Å². The van der Waals surface area contributed by atoms with E-state index in [1.165, 1.54) is 19.2 Å². The Balaban J connectivity index is 2.77. The van der Waals surface area contributed by atoms with E-state index in [0.717, 1.165) is 6.42 Å². The van der Waals surface area contributed by atoms with E-state index in [9.17, 15) is 13.6 Å². The molecule has 0 bridgehead atoms. The number of hydrogen-bond donors (Lipinski definition) is 2. The van der Waals surface area contributed by atoms with Crippen molar-refractivity contribution in [1.29, 1.82) is 0 Å². The molecule has 2 N–H and O–H groups in total. The van der Waals surface area contributed by atoms with Crippen LogP contribution in [0.15, 0.2) is 18.2 Å². The smallest absolute Gasteiger partial charge is 0.387 e. The van der Waals surface area contributed by atoms with Crippen molar-refractivity contribution in [2.45, 2.75) is 39.0 Å². The summed E-state index contributed by atoms with van der Waals surface area (Å²) in [4.78, 5) is 11.0. The van der Waals surface area contributed by atoms with Gasteiger partial charge in [-0.3, -0.25) is 4.79 Å². The summed E-state index contributed by atoms with van der Waals surface area (Å²) >= 11 is 0. The first-order valence-corrected chi connectivity index (χ1v) is 6.55. The van der Waals surface area contributed by atoms with Gasteiger partial charge < -0.3 is 19.9 Å². The predicted molar refractivity (Wildman–Crippen MR) is 72.8 cm³/mol. The molecule has 0 aliphatic carbocycles. The number of benzene rings is 1. The zero-order valence-electron chi connectivity index (χ0n) is 11.9. The average Bonchev–Trinajstić information content (AvgIpc) is 2.42. The molecule has 0 heterocycles. The summed E-state index contributed by atoms with van der Waals surface area (Å²) in [6, 6.07) is 3.90. The fourth-order valence-electron chi connectivity index (χ4n) is 1.86. The van der Waals surface area contributed by atoms with Crippen molar-refractivity contribution < 1.29 is 28.2 Å². The van der Waals surface area contributed by atoms with Gasteiger partial charge in [0, 0.05) is 6.54 Å². The summed E-state index contributed by atoms with van der Waals surface area (Å²) in [6.07, 6.45) is 1.22. The van der Waals surface area contributed by atoms with Gasteiger partial charge >= 0.3 is 12.6 Å². The number of methoxy groups -OCH3 is 1. The molecule has 0 fully saturated rings. The summed E-state index contributed by atoms with van der Waals surface area (Å²) < 4.78 is 33.9. The molecule has 0 saturated carbocycles. The number of rotatable bonds is 9. The van der Waals surface area contributed by atoms with Gasteiger partial charge in [0.2, 0.25) is 0 Å². The van der Waals surface area contributed by atoms with Crippen LogP contribution in [-0.4, -0.2) is 30.8 Å². The quantitative estimate of drug-likeness (QED) is 0.734. The van der Waals surface area contributed by atoms with Gasteiger partial charge in [-0.25, -0.2) is 0 Å². The number of nitrogens with one attached hydrogen (secondary N) is 1. The highest BCUT2D eigenvalue weighted by molar-refractivity contribution is 5.73. The third-order valence-electron chi connectivity index (χ3n) is 2.87. The minimum Gasteiger partial charge on any atom is -0.493 e. The molecule has 0 amide bonds. The Morgan fingerprint density at radius 1 is 1.38 bits per heavy atom. The lowest BCUT2D eigenvalue weighted by molar-refractivity contribution is -0.139. The van der Waals surface area contributed by atoms with Crippen molar-refractivity contribution >= 4 is 5.97 Å². The predicted octanol–water partition coefficient (Wildman–Crippen LogP) is 2.64. The Labute approximate surface area is 121 Å². The van der Waals surface area contributed by atoms with Gasteiger partial charge in [0.05, 0.1) is 7.11 Å². The van der Waals surface area contributed by atoms with Gasteiger partial charge in [0.1, 0.15) is 6.04 Å². The monoisotopic (exact) mass is 303 g/mol. The largest absolute Gasteiger partial charge is 0.493 e. The number of halogens is 2. The van der Waals surface area contributed by atoms with Gasteiger partial charge in [0.25, 0.3) is 0 Å². The lowest BCUT2D eigenvalue weighted by atomic mass is 10.1. The van der Waals surface area contributed by atoms with Gasteiger partial charge in [-0.05, 0) is 24.1 Å². The molecule has 0 aliphatic rings. The Hall–Kier alpha value is -1.89. The molecule has 1 rings (SSSR count). The van der Waals surface area contributed by atoms with Crippen molar-refractivity contribution in [2.75, 3.05) is 7.11 Å². The van der Waals surface area contributed by atoms with Crippen LogP contribution in [-0.2, 0) is 11.3 Å². The molecule has 0 saturated heterocycles. The van der Waals surface area contributed by atoms with Crippen LogP contribution in [0.4, 0.5) is 8.78 Å². The van der Waals surface area contributed by atoms with Crippen LogP contribution < -0.4 is 14.8 Å². The number of ether oxygens (including phenoxy) is 2. The molecule has 0 aromatic heterocycles. The van der Waals surface area contributed by atoms with E-state index in [1.54, 1.807) is 6.07 Å². The average molecular weight is 303 g/mol. The molecular weight excluding hydrogens is 284 g/mol. The van der Waals surface area contributed by atoms with Gasteiger partial charge in [0.15, 0.2) is 11.5 Å². The van der Waals surface area contributed by atoms with Crippen LogP contribution in [0.25, 0.3) is 0 Å². The molecule has 1 atom stereocenters. The van der Waals surface area contributed by atoms with Crippen LogP contribution in [0.5, 0.6) is 11.5 Å². The molecule has 21 heavy (non-hydrogen) atoms. The fourth-order valence-corrected chi connectivity index (χ4v) is 1.86. The third kappa shape index (κ3) is 5.55. The molecule has 0 aliphatic heterocycles. The zero-order chi connectivity index (χ0) is 15.8. The highest BCUT2D eigenvalue weighted by atomic mass is 19.3. The number of carboxylic acid groups (broad SMARTS) is 1. The van der Waals surface area contributed by atoms with E-state index >= 15 is 0 Å². The van der Waals surface area contributed by atoms with E-state index in [4.69, 9.17) is 9.84 Å². The molecule has 1 unspecified atom stereocenters. The van der Waals surface area contributed by atoms with Gasteiger partial charge in [-0.1, -0.05) is 19.4 Å². The first-order valence-electron chi connectivity index (χ1n) is 6.55. The van der Waals surface area contributed by atoms with Crippen LogP contribution in [0, 0.1) is 0 Å². The standard InChI is InChI=1S/C14H19F2NO4/c1-3-4-10(13(18)19)17-8-9-5-6-11(20-2)12(7-9)21-14(15)16/h5-7,10,14,17H,3-4,8H2,1-2H3,(H,18,19). The Kier molecular flexibility index (Phi) is 6.87. The van der Waals surface area contributed by atoms with Crippen LogP contribution >= 0.6 is 0 Å². The Bertz CT molecular complexity index is 468. The van der Waals surface area contributed by atoms with E-state index in [1.807, 2.05) is 6.92 Å². The normalized spacial score (nSPS) is 12.2. The molecule has 0 spiro atoms. The van der Waals surface area contributed by atoms with E-state index in [-0.39, 0.29) is 18.0 Å². The highest BCUT2D eigenvalue weighted by Crippen LogP contribution is 2.29. The van der Waals surface area contributed by atoms with Crippen molar-refractivity contribution in [3.63, 3.8) is 0 Å². The maximum Gasteiger partial charge on any atom is 0.387 e. The second kappa shape index (κ2) is 8.41. The second-order valence-corrected chi connectivity index (χ2v) is 4.42. The van der Waals surface area contributed by atoms with Crippen LogP contribution in [0.2, 0.25) is 0 Å². The van der Waals surface area contributed by atoms with E-state index < -0.39 is 18.6 Å².